The van der Waals surface area contributed by atoms with E-state index >= 15 is 0 Å². The number of hydrogen-bond donors (Lipinski definition) is 2. The van der Waals surface area contributed by atoms with Gasteiger partial charge in [-0.1, -0.05) is 11.6 Å². The number of nitrogens with one attached hydrogen (secondary N) is 1. The van der Waals surface area contributed by atoms with Crippen molar-refractivity contribution in [2.75, 3.05) is 17.6 Å². The van der Waals surface area contributed by atoms with E-state index in [2.05, 4.69) is 20.3 Å². The van der Waals surface area contributed by atoms with Crippen LogP contribution in [0, 0.1) is 0 Å². The van der Waals surface area contributed by atoms with E-state index in [0.29, 0.717) is 47.2 Å². The minimum Gasteiger partial charge on any atom is -0.395 e. The fourth-order valence-electron chi connectivity index (χ4n) is 1.66. The molecule has 0 aliphatic rings. The third kappa shape index (κ3) is 3.03. The van der Waals surface area contributed by atoms with Crippen LogP contribution in [0.25, 0.3) is 0 Å². The number of pyridine rings is 1. The molecule has 6 nitrogen and oxygen atoms in total. The van der Waals surface area contributed by atoms with Crippen molar-refractivity contribution in [2.45, 2.75) is 13.3 Å². The van der Waals surface area contributed by atoms with Crippen LogP contribution in [-0.2, 0) is 6.42 Å². The number of halogens is 1. The van der Waals surface area contributed by atoms with Gasteiger partial charge in [0, 0.05) is 31.6 Å². The summed E-state index contributed by atoms with van der Waals surface area (Å²) in [6.07, 6.45) is 5.68. The highest BCUT2D eigenvalue weighted by molar-refractivity contribution is 6.34. The Hall–Kier alpha value is -2.21. The Morgan fingerprint density at radius 2 is 2.00 bits per heavy atom. The molecule has 104 valence electrons. The topological polar surface area (TPSA) is 93.8 Å². The normalized spacial score (nSPS) is 10.3. The van der Waals surface area contributed by atoms with Gasteiger partial charge in [-0.2, -0.15) is 0 Å². The van der Waals surface area contributed by atoms with Crippen molar-refractivity contribution < 1.29 is 4.79 Å². The zero-order valence-corrected chi connectivity index (χ0v) is 11.7. The summed E-state index contributed by atoms with van der Waals surface area (Å²) in [5, 5.41) is 3.48. The van der Waals surface area contributed by atoms with Crippen molar-refractivity contribution >= 4 is 29.4 Å². The molecule has 0 amide bonds. The van der Waals surface area contributed by atoms with E-state index in [-0.39, 0.29) is 0 Å². The molecule has 0 aromatic carbocycles. The highest BCUT2D eigenvalue weighted by atomic mass is 35.5. The van der Waals surface area contributed by atoms with Gasteiger partial charge in [0.25, 0.3) is 0 Å². The monoisotopic (exact) mass is 291 g/mol. The van der Waals surface area contributed by atoms with Crippen LogP contribution in [0.4, 0.5) is 11.5 Å². The minimum atomic E-state index is 0.404. The SMILES string of the molecule is CCNc1ncc(Cc2ncc(C=O)cn2)c(Cl)c1N. The minimum absolute atomic E-state index is 0.404. The molecular formula is C13H14ClN5O. The predicted molar refractivity (Wildman–Crippen MR) is 78.0 cm³/mol. The van der Waals surface area contributed by atoms with Crippen LogP contribution in [-0.4, -0.2) is 27.8 Å². The lowest BCUT2D eigenvalue weighted by Gasteiger charge is -2.10. The van der Waals surface area contributed by atoms with Gasteiger partial charge < -0.3 is 11.1 Å². The quantitative estimate of drug-likeness (QED) is 0.818. The molecule has 0 bridgehead atoms. The van der Waals surface area contributed by atoms with E-state index in [9.17, 15) is 4.79 Å². The lowest BCUT2D eigenvalue weighted by atomic mass is 10.2. The lowest BCUT2D eigenvalue weighted by molar-refractivity contribution is 0.112. The number of hydrogen-bond acceptors (Lipinski definition) is 6. The van der Waals surface area contributed by atoms with E-state index in [4.69, 9.17) is 17.3 Å². The number of carbonyl (C=O) groups excluding carboxylic acids is 1. The first kappa shape index (κ1) is 14.2. The molecule has 3 N–H and O–H groups in total. The van der Waals surface area contributed by atoms with Gasteiger partial charge in [0.15, 0.2) is 12.1 Å². The molecule has 0 fully saturated rings. The molecule has 2 aromatic heterocycles. The molecule has 0 unspecified atom stereocenters. The van der Waals surface area contributed by atoms with Crippen LogP contribution < -0.4 is 11.1 Å². The zero-order valence-electron chi connectivity index (χ0n) is 10.9. The summed E-state index contributed by atoms with van der Waals surface area (Å²) < 4.78 is 0. The summed E-state index contributed by atoms with van der Waals surface area (Å²) in [4.78, 5) is 22.9. The van der Waals surface area contributed by atoms with E-state index in [1.807, 2.05) is 6.92 Å². The largest absolute Gasteiger partial charge is 0.395 e. The van der Waals surface area contributed by atoms with E-state index in [0.717, 1.165) is 5.56 Å². The molecule has 0 radical (unpaired) electrons. The van der Waals surface area contributed by atoms with Crippen LogP contribution >= 0.6 is 11.6 Å². The molecule has 0 saturated heterocycles. The maximum Gasteiger partial charge on any atom is 0.153 e. The molecule has 2 rings (SSSR count). The average Bonchev–Trinajstić information content (AvgIpc) is 2.48. The standard InChI is InChI=1S/C13H14ClN5O/c1-2-16-13-12(15)11(14)9(6-19-13)3-10-17-4-8(7-20)5-18-10/h4-7H,2-3,15H2,1H3,(H,16,19). The second kappa shape index (κ2) is 6.29. The van der Waals surface area contributed by atoms with Gasteiger partial charge >= 0.3 is 0 Å². The Kier molecular flexibility index (Phi) is 4.47. The van der Waals surface area contributed by atoms with Gasteiger partial charge in [0.2, 0.25) is 0 Å². The average molecular weight is 292 g/mol. The number of nitrogens with zero attached hydrogens (tertiary/aromatic N) is 3. The van der Waals surface area contributed by atoms with Crippen molar-refractivity contribution in [1.82, 2.24) is 15.0 Å². The Bertz CT molecular complexity index is 615. The van der Waals surface area contributed by atoms with Gasteiger partial charge in [0.1, 0.15) is 5.82 Å². The predicted octanol–water partition coefficient (Wildman–Crippen LogP) is 1.94. The van der Waals surface area contributed by atoms with Gasteiger partial charge in [0.05, 0.1) is 16.3 Å². The molecule has 0 atom stereocenters. The molecule has 20 heavy (non-hydrogen) atoms. The number of aromatic nitrogens is 3. The number of nitrogens with two attached hydrogens (primary N) is 1. The van der Waals surface area contributed by atoms with Gasteiger partial charge in [-0.15, -0.1) is 0 Å². The smallest absolute Gasteiger partial charge is 0.153 e. The molecular weight excluding hydrogens is 278 g/mol. The number of anilines is 2. The number of rotatable bonds is 5. The van der Waals surface area contributed by atoms with E-state index in [1.165, 1.54) is 12.4 Å². The summed E-state index contributed by atoms with van der Waals surface area (Å²) in [7, 11) is 0. The molecule has 0 aliphatic heterocycles. The van der Waals surface area contributed by atoms with Crippen LogP contribution in [0.15, 0.2) is 18.6 Å². The third-order valence-electron chi connectivity index (χ3n) is 2.68. The highest BCUT2D eigenvalue weighted by Crippen LogP contribution is 2.29. The Labute approximate surface area is 121 Å². The first-order valence-corrected chi connectivity index (χ1v) is 6.46. The Morgan fingerprint density at radius 3 is 2.60 bits per heavy atom. The van der Waals surface area contributed by atoms with Crippen molar-refractivity contribution in [3.63, 3.8) is 0 Å². The second-order valence-corrected chi connectivity index (χ2v) is 4.50. The van der Waals surface area contributed by atoms with Crippen molar-refractivity contribution in [2.24, 2.45) is 0 Å². The van der Waals surface area contributed by atoms with E-state index < -0.39 is 0 Å². The molecule has 0 aliphatic carbocycles. The van der Waals surface area contributed by atoms with Crippen molar-refractivity contribution in [1.29, 1.82) is 0 Å². The summed E-state index contributed by atoms with van der Waals surface area (Å²) in [5.74, 6) is 1.12. The molecule has 0 spiro atoms. The Morgan fingerprint density at radius 1 is 1.30 bits per heavy atom. The maximum absolute atomic E-state index is 10.5. The van der Waals surface area contributed by atoms with Crippen molar-refractivity contribution in [3.05, 3.63) is 40.6 Å². The number of nitrogen functional groups attached to an aromatic ring is 1. The van der Waals surface area contributed by atoms with Crippen LogP contribution in [0.3, 0.4) is 0 Å². The van der Waals surface area contributed by atoms with Gasteiger partial charge in [-0.25, -0.2) is 15.0 Å². The Balaban J connectivity index is 2.24. The van der Waals surface area contributed by atoms with E-state index in [1.54, 1.807) is 6.20 Å². The molecule has 2 aromatic rings. The summed E-state index contributed by atoms with van der Waals surface area (Å²) in [6, 6.07) is 0. The third-order valence-corrected chi connectivity index (χ3v) is 3.12. The summed E-state index contributed by atoms with van der Waals surface area (Å²) >= 11 is 6.23. The zero-order chi connectivity index (χ0) is 14.5. The lowest BCUT2D eigenvalue weighted by Crippen LogP contribution is -2.06. The van der Waals surface area contributed by atoms with Crippen molar-refractivity contribution in [3.8, 4) is 0 Å². The summed E-state index contributed by atoms with van der Waals surface area (Å²) in [5.41, 5.74) is 7.51. The van der Waals surface area contributed by atoms with Crippen LogP contribution in [0.5, 0.6) is 0 Å². The second-order valence-electron chi connectivity index (χ2n) is 4.12. The first-order chi connectivity index (χ1) is 9.65. The number of aldehydes is 1. The fraction of sp³-hybridized carbons (Fsp3) is 0.231. The fourth-order valence-corrected chi connectivity index (χ4v) is 1.87. The highest BCUT2D eigenvalue weighted by Gasteiger charge is 2.11. The van der Waals surface area contributed by atoms with Crippen LogP contribution in [0.2, 0.25) is 5.02 Å². The summed E-state index contributed by atoms with van der Waals surface area (Å²) in [6.45, 7) is 2.66. The first-order valence-electron chi connectivity index (χ1n) is 6.08. The molecule has 2 heterocycles. The van der Waals surface area contributed by atoms with Crippen LogP contribution in [0.1, 0.15) is 28.7 Å². The number of carbonyl (C=O) groups is 1. The maximum atomic E-state index is 10.5. The molecule has 0 saturated carbocycles. The van der Waals surface area contributed by atoms with Gasteiger partial charge in [-0.05, 0) is 12.5 Å². The molecule has 7 heteroatoms. The van der Waals surface area contributed by atoms with Gasteiger partial charge in [-0.3, -0.25) is 4.79 Å².